The van der Waals surface area contributed by atoms with E-state index in [1.807, 2.05) is 31.2 Å². The molecular weight excluding hydrogens is 174 g/mol. The molecule has 2 aromatic rings. The maximum absolute atomic E-state index is 5.85. The predicted molar refractivity (Wildman–Crippen MR) is 56.6 cm³/mol. The van der Waals surface area contributed by atoms with Crippen LogP contribution in [0.25, 0.3) is 11.3 Å². The van der Waals surface area contributed by atoms with Crippen LogP contribution in [0.4, 0.5) is 5.69 Å². The zero-order valence-corrected chi connectivity index (χ0v) is 7.94. The van der Waals surface area contributed by atoms with Crippen LogP contribution < -0.4 is 5.73 Å². The molecular formula is C11H11N3. The topological polar surface area (TPSA) is 51.8 Å². The van der Waals surface area contributed by atoms with Gasteiger partial charge in [0.1, 0.15) is 0 Å². The summed E-state index contributed by atoms with van der Waals surface area (Å²) in [7, 11) is 0. The number of nitrogens with zero attached hydrogens (tertiary/aromatic N) is 2. The molecule has 1 heterocycles. The van der Waals surface area contributed by atoms with Crippen LogP contribution in [0.1, 0.15) is 5.69 Å². The maximum atomic E-state index is 5.85. The highest BCUT2D eigenvalue weighted by molar-refractivity contribution is 5.74. The van der Waals surface area contributed by atoms with E-state index in [1.54, 1.807) is 12.4 Å². The van der Waals surface area contributed by atoms with E-state index >= 15 is 0 Å². The molecule has 0 radical (unpaired) electrons. The van der Waals surface area contributed by atoms with Crippen molar-refractivity contribution in [3.05, 3.63) is 42.4 Å². The van der Waals surface area contributed by atoms with Gasteiger partial charge in [0.2, 0.25) is 0 Å². The number of nitrogens with two attached hydrogens (primary N) is 1. The standard InChI is InChI=1S/C11H11N3/c1-8-11(14-7-6-13-8)9-4-2-3-5-10(9)12/h2-7H,12H2,1H3. The smallest absolute Gasteiger partial charge is 0.0935 e. The summed E-state index contributed by atoms with van der Waals surface area (Å²) in [5.41, 5.74) is 9.28. The summed E-state index contributed by atoms with van der Waals surface area (Å²) < 4.78 is 0. The Balaban J connectivity index is 2.61. The Hall–Kier alpha value is -1.90. The van der Waals surface area contributed by atoms with E-state index < -0.39 is 0 Å². The predicted octanol–water partition coefficient (Wildman–Crippen LogP) is 2.03. The van der Waals surface area contributed by atoms with Crippen molar-refractivity contribution < 1.29 is 0 Å². The largest absolute Gasteiger partial charge is 0.398 e. The summed E-state index contributed by atoms with van der Waals surface area (Å²) in [6.45, 7) is 1.93. The molecule has 2 N–H and O–H groups in total. The number of anilines is 1. The van der Waals surface area contributed by atoms with Gasteiger partial charge in [-0.1, -0.05) is 18.2 Å². The fourth-order valence-corrected chi connectivity index (χ4v) is 1.38. The number of para-hydroxylation sites is 1. The van der Waals surface area contributed by atoms with Crippen molar-refractivity contribution in [2.24, 2.45) is 0 Å². The molecule has 3 nitrogen and oxygen atoms in total. The Kier molecular flexibility index (Phi) is 2.14. The first-order valence-corrected chi connectivity index (χ1v) is 4.41. The number of hydrogen-bond acceptors (Lipinski definition) is 3. The number of rotatable bonds is 1. The van der Waals surface area contributed by atoms with Crippen LogP contribution in [0.3, 0.4) is 0 Å². The molecule has 3 heteroatoms. The van der Waals surface area contributed by atoms with Gasteiger partial charge >= 0.3 is 0 Å². The SMILES string of the molecule is Cc1nccnc1-c1ccccc1N. The second-order valence-electron chi connectivity index (χ2n) is 3.08. The minimum Gasteiger partial charge on any atom is -0.398 e. The van der Waals surface area contributed by atoms with E-state index in [-0.39, 0.29) is 0 Å². The van der Waals surface area contributed by atoms with Gasteiger partial charge in [-0.3, -0.25) is 9.97 Å². The van der Waals surface area contributed by atoms with Crippen molar-refractivity contribution in [1.82, 2.24) is 9.97 Å². The first-order valence-electron chi connectivity index (χ1n) is 4.41. The maximum Gasteiger partial charge on any atom is 0.0935 e. The highest BCUT2D eigenvalue weighted by Crippen LogP contribution is 2.24. The van der Waals surface area contributed by atoms with Gasteiger partial charge in [-0.25, -0.2) is 0 Å². The molecule has 0 saturated carbocycles. The molecule has 0 saturated heterocycles. The van der Waals surface area contributed by atoms with Crippen LogP contribution in [-0.4, -0.2) is 9.97 Å². The Bertz CT molecular complexity index is 408. The second-order valence-corrected chi connectivity index (χ2v) is 3.08. The highest BCUT2D eigenvalue weighted by atomic mass is 14.8. The summed E-state index contributed by atoms with van der Waals surface area (Å²) in [5, 5.41) is 0. The summed E-state index contributed by atoms with van der Waals surface area (Å²) in [6, 6.07) is 7.67. The lowest BCUT2D eigenvalue weighted by molar-refractivity contribution is 1.12. The molecule has 0 aliphatic heterocycles. The summed E-state index contributed by atoms with van der Waals surface area (Å²) in [5.74, 6) is 0. The third kappa shape index (κ3) is 1.44. The zero-order valence-electron chi connectivity index (χ0n) is 7.94. The van der Waals surface area contributed by atoms with E-state index in [1.165, 1.54) is 0 Å². The minimum absolute atomic E-state index is 0.733. The molecule has 70 valence electrons. The lowest BCUT2D eigenvalue weighted by atomic mass is 10.1. The minimum atomic E-state index is 0.733. The van der Waals surface area contributed by atoms with Crippen molar-refractivity contribution in [3.63, 3.8) is 0 Å². The lowest BCUT2D eigenvalue weighted by Crippen LogP contribution is -1.95. The first-order chi connectivity index (χ1) is 6.79. The second kappa shape index (κ2) is 3.46. The van der Waals surface area contributed by atoms with Crippen molar-refractivity contribution in [2.75, 3.05) is 5.73 Å². The third-order valence-corrected chi connectivity index (χ3v) is 2.10. The molecule has 14 heavy (non-hydrogen) atoms. The molecule has 2 rings (SSSR count). The van der Waals surface area contributed by atoms with Gasteiger partial charge < -0.3 is 5.73 Å². The van der Waals surface area contributed by atoms with Gasteiger partial charge in [-0.15, -0.1) is 0 Å². The van der Waals surface area contributed by atoms with Crippen molar-refractivity contribution in [1.29, 1.82) is 0 Å². The Morgan fingerprint density at radius 1 is 1.07 bits per heavy atom. The van der Waals surface area contributed by atoms with E-state index in [9.17, 15) is 0 Å². The summed E-state index contributed by atoms with van der Waals surface area (Å²) in [4.78, 5) is 8.45. The summed E-state index contributed by atoms with van der Waals surface area (Å²) in [6.07, 6.45) is 3.35. The fourth-order valence-electron chi connectivity index (χ4n) is 1.38. The number of benzene rings is 1. The van der Waals surface area contributed by atoms with Crippen molar-refractivity contribution >= 4 is 5.69 Å². The zero-order chi connectivity index (χ0) is 9.97. The van der Waals surface area contributed by atoms with Gasteiger partial charge in [0.05, 0.1) is 11.4 Å². The van der Waals surface area contributed by atoms with Gasteiger partial charge in [0, 0.05) is 23.6 Å². The molecule has 0 bridgehead atoms. The van der Waals surface area contributed by atoms with Gasteiger partial charge in [-0.2, -0.15) is 0 Å². The van der Waals surface area contributed by atoms with E-state index in [0.29, 0.717) is 0 Å². The van der Waals surface area contributed by atoms with E-state index in [0.717, 1.165) is 22.6 Å². The molecule has 0 fully saturated rings. The molecule has 0 aliphatic rings. The molecule has 0 aliphatic carbocycles. The van der Waals surface area contributed by atoms with E-state index in [2.05, 4.69) is 9.97 Å². The quantitative estimate of drug-likeness (QED) is 0.691. The molecule has 1 aromatic heterocycles. The van der Waals surface area contributed by atoms with Crippen LogP contribution in [0.15, 0.2) is 36.7 Å². The Labute approximate surface area is 82.6 Å². The Morgan fingerprint density at radius 3 is 2.50 bits per heavy atom. The average molecular weight is 185 g/mol. The average Bonchev–Trinajstić information content (AvgIpc) is 2.20. The van der Waals surface area contributed by atoms with Gasteiger partial charge in [0.25, 0.3) is 0 Å². The normalized spacial score (nSPS) is 10.1. The molecule has 0 atom stereocenters. The fraction of sp³-hybridized carbons (Fsp3) is 0.0909. The molecule has 0 unspecified atom stereocenters. The third-order valence-electron chi connectivity index (χ3n) is 2.10. The number of nitrogen functional groups attached to an aromatic ring is 1. The molecule has 0 spiro atoms. The van der Waals surface area contributed by atoms with Crippen LogP contribution >= 0.6 is 0 Å². The molecule has 1 aromatic carbocycles. The number of hydrogen-bond donors (Lipinski definition) is 1. The van der Waals surface area contributed by atoms with Crippen molar-refractivity contribution in [3.8, 4) is 11.3 Å². The number of aryl methyl sites for hydroxylation is 1. The van der Waals surface area contributed by atoms with Gasteiger partial charge in [0.15, 0.2) is 0 Å². The van der Waals surface area contributed by atoms with Crippen molar-refractivity contribution in [2.45, 2.75) is 6.92 Å². The first kappa shape index (κ1) is 8.69. The Morgan fingerprint density at radius 2 is 1.79 bits per heavy atom. The monoisotopic (exact) mass is 185 g/mol. The highest BCUT2D eigenvalue weighted by Gasteiger charge is 2.05. The van der Waals surface area contributed by atoms with Crippen LogP contribution in [-0.2, 0) is 0 Å². The van der Waals surface area contributed by atoms with Gasteiger partial charge in [-0.05, 0) is 13.0 Å². The van der Waals surface area contributed by atoms with Crippen LogP contribution in [0, 0.1) is 6.92 Å². The lowest BCUT2D eigenvalue weighted by Gasteiger charge is -2.05. The van der Waals surface area contributed by atoms with Crippen LogP contribution in [0.2, 0.25) is 0 Å². The summed E-state index contributed by atoms with van der Waals surface area (Å²) >= 11 is 0. The molecule has 0 amide bonds. The van der Waals surface area contributed by atoms with E-state index in [4.69, 9.17) is 5.73 Å². The van der Waals surface area contributed by atoms with Crippen LogP contribution in [0.5, 0.6) is 0 Å². The number of aromatic nitrogens is 2.